The molecule has 0 unspecified atom stereocenters. The van der Waals surface area contributed by atoms with E-state index >= 15 is 0 Å². The molecule has 3 rings (SSSR count). The van der Waals surface area contributed by atoms with E-state index in [0.717, 1.165) is 4.88 Å². The van der Waals surface area contributed by atoms with Crippen LogP contribution in [0, 0.1) is 5.92 Å². The van der Waals surface area contributed by atoms with Gasteiger partial charge < -0.3 is 10.1 Å². The highest BCUT2D eigenvalue weighted by atomic mass is 32.1. The van der Waals surface area contributed by atoms with Crippen molar-refractivity contribution in [2.24, 2.45) is 5.92 Å². The second-order valence-corrected chi connectivity index (χ2v) is 7.79. The number of benzene rings is 2. The number of carbonyl (C=O) groups is 2. The van der Waals surface area contributed by atoms with Crippen LogP contribution in [0.1, 0.15) is 40.7 Å². The highest BCUT2D eigenvalue weighted by Gasteiger charge is 2.19. The first kappa shape index (κ1) is 19.8. The summed E-state index contributed by atoms with van der Waals surface area (Å²) in [5.74, 6) is 0.625. The predicted octanol–water partition coefficient (Wildman–Crippen LogP) is 4.87. The molecule has 0 aliphatic rings. The minimum atomic E-state index is -0.170. The van der Waals surface area contributed by atoms with Crippen LogP contribution in [0.15, 0.2) is 72.1 Å². The van der Waals surface area contributed by atoms with Crippen LogP contribution in [0.5, 0.6) is 5.75 Å². The van der Waals surface area contributed by atoms with Gasteiger partial charge in [0.15, 0.2) is 12.4 Å². The van der Waals surface area contributed by atoms with Crippen molar-refractivity contribution >= 4 is 23.0 Å². The zero-order chi connectivity index (χ0) is 19.9. The Bertz CT molecular complexity index is 903. The quantitative estimate of drug-likeness (QED) is 0.556. The lowest BCUT2D eigenvalue weighted by molar-refractivity contribution is -0.124. The largest absolute Gasteiger partial charge is 0.484 e. The molecule has 1 N–H and O–H groups in total. The highest BCUT2D eigenvalue weighted by Crippen LogP contribution is 2.25. The maximum atomic E-state index is 12.4. The zero-order valence-corrected chi connectivity index (χ0v) is 16.7. The first-order valence-electron chi connectivity index (χ1n) is 9.20. The molecule has 0 bridgehead atoms. The van der Waals surface area contributed by atoms with Gasteiger partial charge in [-0.3, -0.25) is 9.59 Å². The average molecular weight is 394 g/mol. The van der Waals surface area contributed by atoms with Crippen molar-refractivity contribution in [3.8, 4) is 5.75 Å². The van der Waals surface area contributed by atoms with Crippen LogP contribution >= 0.6 is 11.3 Å². The van der Waals surface area contributed by atoms with E-state index in [2.05, 4.69) is 19.2 Å². The summed E-state index contributed by atoms with van der Waals surface area (Å²) >= 11 is 1.63. The van der Waals surface area contributed by atoms with Crippen molar-refractivity contribution in [1.82, 2.24) is 5.32 Å². The van der Waals surface area contributed by atoms with Gasteiger partial charge >= 0.3 is 0 Å². The molecule has 1 amide bonds. The smallest absolute Gasteiger partial charge is 0.258 e. The molecule has 2 aromatic carbocycles. The molecule has 28 heavy (non-hydrogen) atoms. The SMILES string of the molecule is CC(C)[C@@H](NC(=O)COc1ccc(C(=O)c2ccccc2)cc1)c1cccs1. The minimum absolute atomic E-state index is 0.0260. The average Bonchev–Trinajstić information content (AvgIpc) is 3.25. The number of amides is 1. The molecule has 1 heterocycles. The van der Waals surface area contributed by atoms with Gasteiger partial charge in [0, 0.05) is 16.0 Å². The molecule has 0 radical (unpaired) electrons. The van der Waals surface area contributed by atoms with Gasteiger partial charge in [0.25, 0.3) is 5.91 Å². The summed E-state index contributed by atoms with van der Waals surface area (Å²) in [5, 5.41) is 5.04. The van der Waals surface area contributed by atoms with Gasteiger partial charge in [0.2, 0.25) is 0 Å². The van der Waals surface area contributed by atoms with Gasteiger partial charge in [-0.25, -0.2) is 0 Å². The summed E-state index contributed by atoms with van der Waals surface area (Å²) in [4.78, 5) is 25.8. The fourth-order valence-electron chi connectivity index (χ4n) is 2.86. The summed E-state index contributed by atoms with van der Waals surface area (Å²) in [7, 11) is 0. The molecule has 0 spiro atoms. The third-order valence-electron chi connectivity index (χ3n) is 4.36. The number of thiophene rings is 1. The molecule has 0 saturated heterocycles. The molecule has 1 aromatic heterocycles. The Kier molecular flexibility index (Phi) is 6.61. The molecule has 4 nitrogen and oxygen atoms in total. The van der Waals surface area contributed by atoms with Crippen molar-refractivity contribution in [3.05, 3.63) is 88.1 Å². The number of ketones is 1. The normalized spacial score (nSPS) is 11.8. The van der Waals surface area contributed by atoms with Gasteiger partial charge in [-0.2, -0.15) is 0 Å². The maximum Gasteiger partial charge on any atom is 0.258 e. The van der Waals surface area contributed by atoms with Gasteiger partial charge in [-0.05, 0) is 41.6 Å². The summed E-state index contributed by atoms with van der Waals surface area (Å²) in [6.45, 7) is 4.09. The maximum absolute atomic E-state index is 12.4. The zero-order valence-electron chi connectivity index (χ0n) is 15.9. The number of carbonyl (C=O) groups excluding carboxylic acids is 2. The Hall–Kier alpha value is -2.92. The Morgan fingerprint density at radius 3 is 2.21 bits per heavy atom. The lowest BCUT2D eigenvalue weighted by atomic mass is 10.0. The van der Waals surface area contributed by atoms with Crippen LogP contribution in [-0.4, -0.2) is 18.3 Å². The number of hydrogen-bond acceptors (Lipinski definition) is 4. The van der Waals surface area contributed by atoms with Gasteiger partial charge in [-0.1, -0.05) is 50.2 Å². The van der Waals surface area contributed by atoms with Crippen molar-refractivity contribution in [3.63, 3.8) is 0 Å². The summed E-state index contributed by atoms with van der Waals surface area (Å²) < 4.78 is 5.59. The first-order valence-corrected chi connectivity index (χ1v) is 10.1. The summed E-state index contributed by atoms with van der Waals surface area (Å²) in [6, 6.07) is 20.0. The Morgan fingerprint density at radius 2 is 1.61 bits per heavy atom. The van der Waals surface area contributed by atoms with Crippen LogP contribution < -0.4 is 10.1 Å². The van der Waals surface area contributed by atoms with Crippen LogP contribution in [0.2, 0.25) is 0 Å². The molecule has 1 atom stereocenters. The monoisotopic (exact) mass is 393 g/mol. The molecule has 144 valence electrons. The fraction of sp³-hybridized carbons (Fsp3) is 0.217. The Balaban J connectivity index is 1.56. The van der Waals surface area contributed by atoms with Crippen LogP contribution in [0.3, 0.4) is 0 Å². The third kappa shape index (κ3) is 5.08. The summed E-state index contributed by atoms with van der Waals surface area (Å²) in [5.41, 5.74) is 1.23. The van der Waals surface area contributed by atoms with E-state index in [1.807, 2.05) is 35.7 Å². The molecule has 0 saturated carbocycles. The number of hydrogen-bond donors (Lipinski definition) is 1. The molecule has 3 aromatic rings. The second kappa shape index (κ2) is 9.33. The van der Waals surface area contributed by atoms with Crippen LogP contribution in [0.4, 0.5) is 0 Å². The molecule has 0 fully saturated rings. The van der Waals surface area contributed by atoms with Gasteiger partial charge in [-0.15, -0.1) is 11.3 Å². The van der Waals surface area contributed by atoms with E-state index in [-0.39, 0.29) is 30.3 Å². The number of nitrogens with one attached hydrogen (secondary N) is 1. The van der Waals surface area contributed by atoms with Gasteiger partial charge in [0.1, 0.15) is 5.75 Å². The van der Waals surface area contributed by atoms with Crippen molar-refractivity contribution in [1.29, 1.82) is 0 Å². The first-order chi connectivity index (χ1) is 13.5. The predicted molar refractivity (Wildman–Crippen MR) is 112 cm³/mol. The lowest BCUT2D eigenvalue weighted by Crippen LogP contribution is -2.34. The van der Waals surface area contributed by atoms with E-state index in [4.69, 9.17) is 4.74 Å². The van der Waals surface area contributed by atoms with Crippen molar-refractivity contribution in [2.75, 3.05) is 6.61 Å². The standard InChI is InChI=1S/C23H23NO3S/c1-16(2)22(20-9-6-14-28-20)24-21(25)15-27-19-12-10-18(11-13-19)23(26)17-7-4-3-5-8-17/h3-14,16,22H,15H2,1-2H3,(H,24,25)/t22-/m1/s1. The lowest BCUT2D eigenvalue weighted by Gasteiger charge is -2.21. The third-order valence-corrected chi connectivity index (χ3v) is 5.31. The van der Waals surface area contributed by atoms with E-state index < -0.39 is 0 Å². The van der Waals surface area contributed by atoms with E-state index in [1.54, 1.807) is 47.7 Å². The molecular formula is C23H23NO3S. The molecule has 5 heteroatoms. The second-order valence-electron chi connectivity index (χ2n) is 6.81. The van der Waals surface area contributed by atoms with Crippen LogP contribution in [0.25, 0.3) is 0 Å². The fourth-order valence-corrected chi connectivity index (χ4v) is 3.81. The summed E-state index contributed by atoms with van der Waals surface area (Å²) in [6.07, 6.45) is 0. The number of ether oxygens (including phenoxy) is 1. The highest BCUT2D eigenvalue weighted by molar-refractivity contribution is 7.10. The number of rotatable bonds is 8. The van der Waals surface area contributed by atoms with Gasteiger partial charge in [0.05, 0.1) is 6.04 Å². The van der Waals surface area contributed by atoms with E-state index in [1.165, 1.54) is 0 Å². The molecule has 0 aliphatic carbocycles. The van der Waals surface area contributed by atoms with E-state index in [9.17, 15) is 9.59 Å². The molecular weight excluding hydrogens is 370 g/mol. The van der Waals surface area contributed by atoms with Crippen LogP contribution in [-0.2, 0) is 4.79 Å². The minimum Gasteiger partial charge on any atom is -0.484 e. The topological polar surface area (TPSA) is 55.4 Å². The van der Waals surface area contributed by atoms with Crippen molar-refractivity contribution < 1.29 is 14.3 Å². The Morgan fingerprint density at radius 1 is 0.929 bits per heavy atom. The Labute approximate surface area is 169 Å². The van der Waals surface area contributed by atoms with E-state index in [0.29, 0.717) is 16.9 Å². The van der Waals surface area contributed by atoms with Crippen molar-refractivity contribution in [2.45, 2.75) is 19.9 Å². The molecule has 0 aliphatic heterocycles.